The molecule has 0 spiro atoms. The van der Waals surface area contributed by atoms with Crippen molar-refractivity contribution in [3.63, 3.8) is 0 Å². The number of hydrogen-bond acceptors (Lipinski definition) is 6. The van der Waals surface area contributed by atoms with Crippen LogP contribution < -0.4 is 19.5 Å². The molecule has 2 amide bonds. The molecule has 0 unspecified atom stereocenters. The average Bonchev–Trinajstić information content (AvgIpc) is 3.46. The Morgan fingerprint density at radius 1 is 1.13 bits per heavy atom. The first-order valence-corrected chi connectivity index (χ1v) is 9.94. The molecule has 0 radical (unpaired) electrons. The predicted molar refractivity (Wildman–Crippen MR) is 110 cm³/mol. The molecule has 1 aromatic heterocycles. The summed E-state index contributed by atoms with van der Waals surface area (Å²) >= 11 is 0. The molecule has 2 aromatic rings. The number of hydrogen-bond donors (Lipinski definition) is 1. The third-order valence-corrected chi connectivity index (χ3v) is 5.34. The van der Waals surface area contributed by atoms with Crippen molar-refractivity contribution in [1.82, 2.24) is 10.2 Å². The molecule has 1 aliphatic rings. The third-order valence-electron chi connectivity index (χ3n) is 5.34. The minimum atomic E-state index is -0.404. The van der Waals surface area contributed by atoms with E-state index in [2.05, 4.69) is 5.32 Å². The Morgan fingerprint density at radius 2 is 1.83 bits per heavy atom. The molecular weight excluding hydrogens is 388 g/mol. The molecule has 1 N–H and O–H groups in total. The van der Waals surface area contributed by atoms with Crippen LogP contribution in [-0.4, -0.2) is 57.7 Å². The zero-order valence-corrected chi connectivity index (χ0v) is 17.8. The number of amides is 2. The Bertz CT molecular complexity index is 855. The van der Waals surface area contributed by atoms with Gasteiger partial charge in [-0.2, -0.15) is 0 Å². The topological polar surface area (TPSA) is 90.2 Å². The van der Waals surface area contributed by atoms with E-state index < -0.39 is 5.92 Å². The largest absolute Gasteiger partial charge is 0.493 e. The van der Waals surface area contributed by atoms with E-state index in [0.717, 1.165) is 12.0 Å². The molecule has 8 heteroatoms. The number of furan rings is 1. The SMILES string of the molecule is CCCNC(=O)[C@@H]1CN(C(=O)c2ccco2)C[C@@H]1c1cc(OC)c(OC)c(OC)c1. The van der Waals surface area contributed by atoms with E-state index >= 15 is 0 Å². The van der Waals surface area contributed by atoms with Crippen LogP contribution in [0.25, 0.3) is 0 Å². The standard InChI is InChI=1S/C22H28N2O6/c1-5-8-23-21(25)16-13-24(22(26)17-7-6-9-30-17)12-15(16)14-10-18(27-2)20(29-4)19(11-14)28-3/h6-7,9-11,15-16H,5,8,12-13H2,1-4H3,(H,23,25)/t15-,16-/m1/s1. The van der Waals surface area contributed by atoms with Crippen LogP contribution in [0.1, 0.15) is 35.4 Å². The van der Waals surface area contributed by atoms with Crippen LogP contribution in [0.15, 0.2) is 34.9 Å². The lowest BCUT2D eigenvalue weighted by Crippen LogP contribution is -2.35. The van der Waals surface area contributed by atoms with Gasteiger partial charge in [-0.05, 0) is 36.2 Å². The monoisotopic (exact) mass is 416 g/mol. The molecule has 0 saturated carbocycles. The summed E-state index contributed by atoms with van der Waals surface area (Å²) in [6, 6.07) is 6.98. The van der Waals surface area contributed by atoms with Crippen molar-refractivity contribution in [2.75, 3.05) is 41.0 Å². The number of nitrogens with one attached hydrogen (secondary N) is 1. The molecule has 1 aliphatic heterocycles. The number of carbonyl (C=O) groups excluding carboxylic acids is 2. The minimum Gasteiger partial charge on any atom is -0.493 e. The van der Waals surface area contributed by atoms with Crippen LogP contribution >= 0.6 is 0 Å². The smallest absolute Gasteiger partial charge is 0.289 e. The van der Waals surface area contributed by atoms with Crippen molar-refractivity contribution in [3.05, 3.63) is 41.9 Å². The normalized spacial score (nSPS) is 18.2. The molecule has 2 atom stereocenters. The van der Waals surface area contributed by atoms with Gasteiger partial charge < -0.3 is 28.8 Å². The highest BCUT2D eigenvalue weighted by Crippen LogP contribution is 2.43. The highest BCUT2D eigenvalue weighted by atomic mass is 16.5. The molecule has 162 valence electrons. The molecule has 3 rings (SSSR count). The number of ether oxygens (including phenoxy) is 3. The van der Waals surface area contributed by atoms with Crippen molar-refractivity contribution in [2.45, 2.75) is 19.3 Å². The number of methoxy groups -OCH3 is 3. The quantitative estimate of drug-likeness (QED) is 0.712. The number of benzene rings is 1. The summed E-state index contributed by atoms with van der Waals surface area (Å²) in [7, 11) is 4.64. The number of nitrogens with zero attached hydrogens (tertiary/aromatic N) is 1. The summed E-state index contributed by atoms with van der Waals surface area (Å²) < 4.78 is 21.6. The average molecular weight is 416 g/mol. The summed E-state index contributed by atoms with van der Waals surface area (Å²) in [4.78, 5) is 27.4. The minimum absolute atomic E-state index is 0.0784. The van der Waals surface area contributed by atoms with Gasteiger partial charge in [-0.25, -0.2) is 0 Å². The van der Waals surface area contributed by atoms with Crippen molar-refractivity contribution < 1.29 is 28.2 Å². The third kappa shape index (κ3) is 4.22. The van der Waals surface area contributed by atoms with E-state index in [1.54, 1.807) is 38.4 Å². The number of likely N-dealkylation sites (tertiary alicyclic amines) is 1. The molecule has 0 aliphatic carbocycles. The first-order chi connectivity index (χ1) is 14.5. The molecule has 0 bridgehead atoms. The van der Waals surface area contributed by atoms with Gasteiger partial charge in [-0.1, -0.05) is 6.92 Å². The highest BCUT2D eigenvalue weighted by molar-refractivity contribution is 5.92. The van der Waals surface area contributed by atoms with E-state index in [-0.39, 0.29) is 23.5 Å². The molecule has 1 saturated heterocycles. The van der Waals surface area contributed by atoms with Crippen LogP contribution in [0.2, 0.25) is 0 Å². The Morgan fingerprint density at radius 3 is 2.37 bits per heavy atom. The highest BCUT2D eigenvalue weighted by Gasteiger charge is 2.41. The first-order valence-electron chi connectivity index (χ1n) is 9.94. The Kier molecular flexibility index (Phi) is 6.87. The second-order valence-corrected chi connectivity index (χ2v) is 7.15. The molecule has 1 fully saturated rings. The van der Waals surface area contributed by atoms with Gasteiger partial charge in [0.25, 0.3) is 5.91 Å². The van der Waals surface area contributed by atoms with E-state index in [9.17, 15) is 9.59 Å². The van der Waals surface area contributed by atoms with Crippen LogP contribution in [0.4, 0.5) is 0 Å². The second-order valence-electron chi connectivity index (χ2n) is 7.15. The summed E-state index contributed by atoms with van der Waals surface area (Å²) in [5, 5.41) is 2.96. The fraction of sp³-hybridized carbons (Fsp3) is 0.455. The maximum Gasteiger partial charge on any atom is 0.289 e. The Labute approximate surface area is 176 Å². The van der Waals surface area contributed by atoms with E-state index in [0.29, 0.717) is 36.9 Å². The van der Waals surface area contributed by atoms with Crippen molar-refractivity contribution in [2.24, 2.45) is 5.92 Å². The zero-order valence-electron chi connectivity index (χ0n) is 17.8. The van der Waals surface area contributed by atoms with Crippen LogP contribution in [-0.2, 0) is 4.79 Å². The second kappa shape index (κ2) is 9.56. The number of carbonyl (C=O) groups is 2. The maximum atomic E-state index is 12.9. The zero-order chi connectivity index (χ0) is 21.7. The molecule has 8 nitrogen and oxygen atoms in total. The van der Waals surface area contributed by atoms with Crippen LogP contribution in [0, 0.1) is 5.92 Å². The predicted octanol–water partition coefficient (Wildman–Crippen LogP) is 2.69. The van der Waals surface area contributed by atoms with Gasteiger partial charge >= 0.3 is 0 Å². The molecular formula is C22H28N2O6. The molecule has 30 heavy (non-hydrogen) atoms. The van der Waals surface area contributed by atoms with E-state index in [1.807, 2.05) is 19.1 Å². The first kappa shape index (κ1) is 21.5. The fourth-order valence-electron chi connectivity index (χ4n) is 3.82. The van der Waals surface area contributed by atoms with Gasteiger partial charge in [-0.3, -0.25) is 9.59 Å². The van der Waals surface area contributed by atoms with Gasteiger partial charge in [0.05, 0.1) is 33.5 Å². The summed E-state index contributed by atoms with van der Waals surface area (Å²) in [6.07, 6.45) is 2.30. The van der Waals surface area contributed by atoms with Gasteiger partial charge in [-0.15, -0.1) is 0 Å². The van der Waals surface area contributed by atoms with Gasteiger partial charge in [0, 0.05) is 25.6 Å². The van der Waals surface area contributed by atoms with Gasteiger partial charge in [0.15, 0.2) is 17.3 Å². The Hall–Kier alpha value is -3.16. The summed E-state index contributed by atoms with van der Waals surface area (Å²) in [5.41, 5.74) is 0.843. The van der Waals surface area contributed by atoms with Crippen molar-refractivity contribution in [1.29, 1.82) is 0 Å². The van der Waals surface area contributed by atoms with E-state index in [4.69, 9.17) is 18.6 Å². The lowest BCUT2D eigenvalue weighted by molar-refractivity contribution is -0.124. The summed E-state index contributed by atoms with van der Waals surface area (Å²) in [6.45, 7) is 3.26. The molecule has 1 aromatic carbocycles. The van der Waals surface area contributed by atoms with Crippen LogP contribution in [0.3, 0.4) is 0 Å². The maximum absolute atomic E-state index is 12.9. The summed E-state index contributed by atoms with van der Waals surface area (Å²) in [5.74, 6) is 0.817. The Balaban J connectivity index is 1.96. The lowest BCUT2D eigenvalue weighted by atomic mass is 9.88. The lowest BCUT2D eigenvalue weighted by Gasteiger charge is -2.21. The fourth-order valence-corrected chi connectivity index (χ4v) is 3.82. The van der Waals surface area contributed by atoms with Gasteiger partial charge in [0.1, 0.15) is 0 Å². The number of rotatable bonds is 8. The van der Waals surface area contributed by atoms with E-state index in [1.165, 1.54) is 6.26 Å². The van der Waals surface area contributed by atoms with Gasteiger partial charge in [0.2, 0.25) is 11.7 Å². The van der Waals surface area contributed by atoms with Crippen LogP contribution in [0.5, 0.6) is 17.2 Å². The van der Waals surface area contributed by atoms with Crippen molar-refractivity contribution in [3.8, 4) is 17.2 Å². The molecule has 2 heterocycles. The van der Waals surface area contributed by atoms with Crippen molar-refractivity contribution >= 4 is 11.8 Å².